The molecule has 1 aromatic heterocycles. The van der Waals surface area contributed by atoms with E-state index in [2.05, 4.69) is 10.3 Å². The summed E-state index contributed by atoms with van der Waals surface area (Å²) in [5.74, 6) is 1.69. The number of H-pyrrole nitrogens is 1. The van der Waals surface area contributed by atoms with Crippen LogP contribution in [0, 0.1) is 0 Å². The van der Waals surface area contributed by atoms with Crippen molar-refractivity contribution in [1.29, 1.82) is 0 Å². The summed E-state index contributed by atoms with van der Waals surface area (Å²) in [5.41, 5.74) is 15.4. The third kappa shape index (κ3) is 8.26. The summed E-state index contributed by atoms with van der Waals surface area (Å²) in [6.07, 6.45) is 3.13. The molecular formula is C24H28N4O6Pt. The maximum absolute atomic E-state index is 11.3. The van der Waals surface area contributed by atoms with Gasteiger partial charge >= 0.3 is 25.3 Å². The molecule has 1 aliphatic heterocycles. The number of amides is 1. The molecule has 2 aromatic carbocycles. The van der Waals surface area contributed by atoms with Crippen molar-refractivity contribution in [2.24, 2.45) is 0 Å². The first-order valence-electron chi connectivity index (χ1n) is 10.5. The van der Waals surface area contributed by atoms with Gasteiger partial charge < -0.3 is 31.2 Å². The predicted octanol–water partition coefficient (Wildman–Crippen LogP) is 2.66. The number of aromatic amines is 1. The summed E-state index contributed by atoms with van der Waals surface area (Å²) in [7, 11) is 3.16. The molecule has 190 valence electrons. The first-order chi connectivity index (χ1) is 16.8. The average Bonchev–Trinajstić information content (AvgIpc) is 2.85. The van der Waals surface area contributed by atoms with Gasteiger partial charge in [-0.25, -0.2) is 0 Å². The molecule has 1 aliphatic rings. The van der Waals surface area contributed by atoms with Crippen molar-refractivity contribution < 1.29 is 39.6 Å². The molecular weight excluding hydrogens is 635 g/mol. The van der Waals surface area contributed by atoms with Crippen LogP contribution in [0.5, 0.6) is 11.5 Å². The number of piperidine rings is 1. The normalized spacial score (nSPS) is 14.5. The van der Waals surface area contributed by atoms with Gasteiger partial charge in [0.1, 0.15) is 11.5 Å². The van der Waals surface area contributed by atoms with E-state index in [9.17, 15) is 9.59 Å². The van der Waals surface area contributed by atoms with Gasteiger partial charge in [0.2, 0.25) is 11.5 Å². The standard InChI is InChI=1S/C12H16N2O2.C12H12N2O2.2O.Pt/c2*1-16-11-6-8(2-3-10(11)13)9-4-5-14-12(15)7-9;;;/h2-3,6,9H,4-5,7,13H2,1H3,(H,14,15);2-7H,13H2,1H3,(H,14,15);;;. The van der Waals surface area contributed by atoms with Crippen molar-refractivity contribution in [2.45, 2.75) is 18.8 Å². The number of carbonyl (C=O) groups excluding carboxylic acids is 1. The molecule has 0 saturated carbocycles. The number of carbonyl (C=O) groups is 1. The van der Waals surface area contributed by atoms with Crippen molar-refractivity contribution in [2.75, 3.05) is 32.2 Å². The number of benzene rings is 2. The van der Waals surface area contributed by atoms with Gasteiger partial charge in [-0.05, 0) is 59.4 Å². The number of nitrogens with two attached hydrogens (primary N) is 2. The number of pyridine rings is 1. The number of hydrogen-bond donors (Lipinski definition) is 4. The number of aromatic nitrogens is 1. The van der Waals surface area contributed by atoms with Crippen LogP contribution in [-0.4, -0.2) is 31.7 Å². The number of nitrogen functional groups attached to an aromatic ring is 2. The van der Waals surface area contributed by atoms with Gasteiger partial charge in [-0.3, -0.25) is 9.59 Å². The van der Waals surface area contributed by atoms with E-state index in [0.717, 1.165) is 29.7 Å². The van der Waals surface area contributed by atoms with Crippen LogP contribution < -0.4 is 31.8 Å². The van der Waals surface area contributed by atoms with Crippen molar-refractivity contribution in [1.82, 2.24) is 10.3 Å². The molecule has 1 saturated heterocycles. The second-order valence-electron chi connectivity index (χ2n) is 7.49. The Kier molecular flexibility index (Phi) is 11.0. The quantitative estimate of drug-likeness (QED) is 0.309. The predicted molar refractivity (Wildman–Crippen MR) is 127 cm³/mol. The average molecular weight is 664 g/mol. The first-order valence-corrected chi connectivity index (χ1v) is 12.4. The van der Waals surface area contributed by atoms with E-state index in [-0.39, 0.29) is 17.4 Å². The minimum absolute atomic E-state index is 0.118. The summed E-state index contributed by atoms with van der Waals surface area (Å²) in [4.78, 5) is 25.0. The van der Waals surface area contributed by atoms with Gasteiger partial charge in [0.15, 0.2) is 0 Å². The molecule has 35 heavy (non-hydrogen) atoms. The van der Waals surface area contributed by atoms with E-state index < -0.39 is 18.5 Å². The Labute approximate surface area is 211 Å². The number of ether oxygens (including phenoxy) is 2. The minimum atomic E-state index is -1.92. The number of rotatable bonds is 4. The summed E-state index contributed by atoms with van der Waals surface area (Å²) in [5, 5.41) is 2.83. The van der Waals surface area contributed by atoms with Gasteiger partial charge in [0.05, 0.1) is 25.6 Å². The van der Waals surface area contributed by atoms with E-state index in [1.165, 1.54) is 6.07 Å². The Morgan fingerprint density at radius 2 is 1.49 bits per heavy atom. The van der Waals surface area contributed by atoms with Gasteiger partial charge in [-0.2, -0.15) is 0 Å². The Morgan fingerprint density at radius 1 is 0.886 bits per heavy atom. The van der Waals surface area contributed by atoms with Crippen LogP contribution in [0.2, 0.25) is 0 Å². The Hall–Kier alpha value is -3.65. The topological polar surface area (TPSA) is 167 Å². The maximum atomic E-state index is 11.3. The van der Waals surface area contributed by atoms with E-state index >= 15 is 0 Å². The Morgan fingerprint density at radius 3 is 2.09 bits per heavy atom. The zero-order valence-electron chi connectivity index (χ0n) is 19.3. The van der Waals surface area contributed by atoms with Crippen LogP contribution in [-0.2, 0) is 30.1 Å². The van der Waals surface area contributed by atoms with Crippen molar-refractivity contribution >= 4 is 17.3 Å². The van der Waals surface area contributed by atoms with E-state index in [1.807, 2.05) is 36.4 Å². The molecule has 10 nitrogen and oxygen atoms in total. The number of anilines is 2. The molecule has 1 fully saturated rings. The van der Waals surface area contributed by atoms with Gasteiger partial charge in [-0.15, -0.1) is 0 Å². The SMILES string of the molecule is COc1cc(-c2cc[nH]c(=O)c2)ccc1N.COc1cc(C2CCNC(=O)C2)ccc1N.[O]=[Pt]=[O]. The van der Waals surface area contributed by atoms with Crippen LogP contribution in [0.25, 0.3) is 11.1 Å². The summed E-state index contributed by atoms with van der Waals surface area (Å²) >= 11 is -1.92. The molecule has 0 bridgehead atoms. The molecule has 11 heteroatoms. The van der Waals surface area contributed by atoms with Crippen molar-refractivity contribution in [3.05, 3.63) is 70.6 Å². The molecule has 0 radical (unpaired) electrons. The van der Waals surface area contributed by atoms with E-state index in [4.69, 9.17) is 27.7 Å². The van der Waals surface area contributed by atoms with Crippen LogP contribution in [0.3, 0.4) is 0 Å². The Bertz CT molecular complexity index is 1240. The molecule has 4 rings (SSSR count). The third-order valence-electron chi connectivity index (χ3n) is 5.32. The molecule has 1 atom stereocenters. The monoisotopic (exact) mass is 663 g/mol. The van der Waals surface area contributed by atoms with Crippen LogP contribution in [0.1, 0.15) is 24.3 Å². The second-order valence-corrected chi connectivity index (χ2v) is 7.87. The van der Waals surface area contributed by atoms with Crippen molar-refractivity contribution in [3.63, 3.8) is 0 Å². The fourth-order valence-electron chi connectivity index (χ4n) is 3.56. The van der Waals surface area contributed by atoms with Gasteiger partial charge in [-0.1, -0.05) is 12.1 Å². The molecule has 6 N–H and O–H groups in total. The third-order valence-corrected chi connectivity index (χ3v) is 5.32. The number of hydrogen-bond acceptors (Lipinski definition) is 8. The first kappa shape index (κ1) is 27.6. The molecule has 1 unspecified atom stereocenters. The van der Waals surface area contributed by atoms with Gasteiger partial charge in [0, 0.05) is 25.2 Å². The summed E-state index contributed by atoms with van der Waals surface area (Å²) < 4.78 is 27.3. The zero-order chi connectivity index (χ0) is 25.8. The molecule has 1 amide bonds. The van der Waals surface area contributed by atoms with Crippen molar-refractivity contribution in [3.8, 4) is 22.6 Å². The number of methoxy groups -OCH3 is 2. The fourth-order valence-corrected chi connectivity index (χ4v) is 3.56. The van der Waals surface area contributed by atoms with Crippen LogP contribution >= 0.6 is 0 Å². The zero-order valence-corrected chi connectivity index (χ0v) is 21.6. The van der Waals surface area contributed by atoms with Crippen LogP contribution in [0.15, 0.2) is 59.5 Å². The second kappa shape index (κ2) is 13.9. The molecule has 3 aromatic rings. The Balaban J connectivity index is 0.000000222. The molecule has 0 spiro atoms. The van der Waals surface area contributed by atoms with Gasteiger partial charge in [0.25, 0.3) is 0 Å². The molecule has 0 aliphatic carbocycles. The van der Waals surface area contributed by atoms with E-state index in [1.54, 1.807) is 26.5 Å². The molecule has 2 heterocycles. The van der Waals surface area contributed by atoms with E-state index in [0.29, 0.717) is 29.3 Å². The summed E-state index contributed by atoms with van der Waals surface area (Å²) in [6.45, 7) is 0.746. The summed E-state index contributed by atoms with van der Waals surface area (Å²) in [6, 6.07) is 14.5. The fraction of sp³-hybridized carbons (Fsp3) is 0.250. The number of nitrogens with one attached hydrogen (secondary N) is 2. The van der Waals surface area contributed by atoms with Crippen LogP contribution in [0.4, 0.5) is 11.4 Å².